The van der Waals surface area contributed by atoms with Crippen LogP contribution in [0.1, 0.15) is 27.2 Å². The highest BCUT2D eigenvalue weighted by atomic mass is 16.5. The van der Waals surface area contributed by atoms with Crippen LogP contribution < -0.4 is 5.32 Å². The molecule has 0 saturated carbocycles. The van der Waals surface area contributed by atoms with E-state index in [1.165, 1.54) is 6.42 Å². The van der Waals surface area contributed by atoms with Gasteiger partial charge in [0.2, 0.25) is 0 Å². The quantitative estimate of drug-likeness (QED) is 0.548. The van der Waals surface area contributed by atoms with E-state index in [4.69, 9.17) is 9.47 Å². The minimum absolute atomic E-state index is 0.612. The molecule has 0 amide bonds. The van der Waals surface area contributed by atoms with Gasteiger partial charge in [-0.05, 0) is 18.9 Å². The molecule has 0 bridgehead atoms. The fraction of sp³-hybridized carbons (Fsp3) is 1.00. The number of hydrogen-bond acceptors (Lipinski definition) is 3. The van der Waals surface area contributed by atoms with E-state index in [2.05, 4.69) is 26.1 Å². The van der Waals surface area contributed by atoms with E-state index in [1.54, 1.807) is 0 Å². The van der Waals surface area contributed by atoms with E-state index < -0.39 is 0 Å². The van der Waals surface area contributed by atoms with Crippen LogP contribution in [-0.2, 0) is 9.47 Å². The van der Waals surface area contributed by atoms with Crippen molar-refractivity contribution >= 4 is 0 Å². The van der Waals surface area contributed by atoms with Crippen molar-refractivity contribution in [1.29, 1.82) is 0 Å². The van der Waals surface area contributed by atoms with Crippen LogP contribution in [0, 0.1) is 5.92 Å². The maximum absolute atomic E-state index is 5.38. The molecule has 14 heavy (non-hydrogen) atoms. The molecule has 0 aliphatic carbocycles. The molecule has 86 valence electrons. The Morgan fingerprint density at radius 1 is 1.00 bits per heavy atom. The van der Waals surface area contributed by atoms with E-state index in [0.29, 0.717) is 19.1 Å². The van der Waals surface area contributed by atoms with Gasteiger partial charge in [-0.25, -0.2) is 0 Å². The lowest BCUT2D eigenvalue weighted by atomic mass is 10.2. The van der Waals surface area contributed by atoms with Gasteiger partial charge in [0.05, 0.1) is 19.8 Å². The first-order valence-electron chi connectivity index (χ1n) is 5.63. The molecule has 0 spiro atoms. The highest BCUT2D eigenvalue weighted by Crippen LogP contribution is 1.91. The molecule has 0 aromatic heterocycles. The maximum atomic E-state index is 5.38. The third-order valence-corrected chi connectivity index (χ3v) is 1.67. The summed E-state index contributed by atoms with van der Waals surface area (Å²) in [5.74, 6) is 0.612. The Labute approximate surface area is 88.2 Å². The van der Waals surface area contributed by atoms with Crippen LogP contribution in [-0.4, -0.2) is 39.5 Å². The minimum Gasteiger partial charge on any atom is -0.379 e. The van der Waals surface area contributed by atoms with Crippen LogP contribution in [0.25, 0.3) is 0 Å². The topological polar surface area (TPSA) is 30.5 Å². The van der Waals surface area contributed by atoms with Gasteiger partial charge in [0.1, 0.15) is 0 Å². The summed E-state index contributed by atoms with van der Waals surface area (Å²) < 4.78 is 10.8. The third-order valence-electron chi connectivity index (χ3n) is 1.67. The largest absolute Gasteiger partial charge is 0.379 e. The smallest absolute Gasteiger partial charge is 0.0701 e. The van der Waals surface area contributed by atoms with Crippen LogP contribution in [0.5, 0.6) is 0 Å². The molecular weight excluding hydrogens is 178 g/mol. The lowest BCUT2D eigenvalue weighted by Gasteiger charge is -2.07. The summed E-state index contributed by atoms with van der Waals surface area (Å²) in [4.78, 5) is 0. The Bertz CT molecular complexity index is 107. The summed E-state index contributed by atoms with van der Waals surface area (Å²) in [6, 6.07) is 0. The zero-order valence-corrected chi connectivity index (χ0v) is 9.84. The number of ether oxygens (including phenoxy) is 2. The Hall–Kier alpha value is -0.120. The zero-order valence-electron chi connectivity index (χ0n) is 9.84. The first-order chi connectivity index (χ1) is 6.77. The first-order valence-corrected chi connectivity index (χ1v) is 5.63. The molecule has 0 heterocycles. The second-order valence-electron chi connectivity index (χ2n) is 3.83. The van der Waals surface area contributed by atoms with Crippen molar-refractivity contribution in [2.45, 2.75) is 27.2 Å². The van der Waals surface area contributed by atoms with E-state index >= 15 is 0 Å². The van der Waals surface area contributed by atoms with E-state index in [0.717, 1.165) is 26.3 Å². The van der Waals surface area contributed by atoms with Gasteiger partial charge < -0.3 is 14.8 Å². The van der Waals surface area contributed by atoms with Gasteiger partial charge in [-0.1, -0.05) is 20.8 Å². The molecular formula is C11H25NO2. The van der Waals surface area contributed by atoms with Gasteiger partial charge in [0.15, 0.2) is 0 Å². The van der Waals surface area contributed by atoms with Crippen LogP contribution >= 0.6 is 0 Å². The Kier molecular flexibility index (Phi) is 10.9. The molecule has 0 atom stereocenters. The van der Waals surface area contributed by atoms with Crippen molar-refractivity contribution in [3.05, 3.63) is 0 Å². The lowest BCUT2D eigenvalue weighted by molar-refractivity contribution is 0.0388. The summed E-state index contributed by atoms with van der Waals surface area (Å²) in [7, 11) is 0. The van der Waals surface area contributed by atoms with Crippen LogP contribution in [0.15, 0.2) is 0 Å². The average molecular weight is 203 g/mol. The van der Waals surface area contributed by atoms with E-state index in [-0.39, 0.29) is 0 Å². The minimum atomic E-state index is 0.612. The summed E-state index contributed by atoms with van der Waals surface area (Å²) in [6.45, 7) is 11.5. The van der Waals surface area contributed by atoms with E-state index in [1.807, 2.05) is 0 Å². The third kappa shape index (κ3) is 11.9. The summed E-state index contributed by atoms with van der Waals surface area (Å²) in [5, 5.41) is 3.28. The van der Waals surface area contributed by atoms with Gasteiger partial charge in [0.25, 0.3) is 0 Å². The molecule has 3 heteroatoms. The highest BCUT2D eigenvalue weighted by molar-refractivity contribution is 4.44. The highest BCUT2D eigenvalue weighted by Gasteiger charge is 1.93. The normalized spacial score (nSPS) is 11.1. The van der Waals surface area contributed by atoms with Crippen LogP contribution in [0.3, 0.4) is 0 Å². The van der Waals surface area contributed by atoms with E-state index in [9.17, 15) is 0 Å². The van der Waals surface area contributed by atoms with Crippen molar-refractivity contribution in [2.75, 3.05) is 39.5 Å². The molecule has 0 aliphatic rings. The predicted molar refractivity (Wildman–Crippen MR) is 59.6 cm³/mol. The maximum Gasteiger partial charge on any atom is 0.0701 e. The Morgan fingerprint density at radius 3 is 2.36 bits per heavy atom. The molecule has 3 nitrogen and oxygen atoms in total. The molecule has 0 aromatic carbocycles. The van der Waals surface area contributed by atoms with Crippen LogP contribution in [0.4, 0.5) is 0 Å². The van der Waals surface area contributed by atoms with Gasteiger partial charge in [0, 0.05) is 13.2 Å². The van der Waals surface area contributed by atoms with Gasteiger partial charge >= 0.3 is 0 Å². The molecule has 1 N–H and O–H groups in total. The summed E-state index contributed by atoms with van der Waals surface area (Å²) in [6.07, 6.45) is 1.18. The summed E-state index contributed by atoms with van der Waals surface area (Å²) >= 11 is 0. The molecule has 0 aliphatic heterocycles. The molecule has 0 saturated heterocycles. The number of rotatable bonds is 10. The molecule has 0 rings (SSSR count). The van der Waals surface area contributed by atoms with Gasteiger partial charge in [-0.15, -0.1) is 0 Å². The lowest BCUT2D eigenvalue weighted by Crippen LogP contribution is -2.21. The Morgan fingerprint density at radius 2 is 1.71 bits per heavy atom. The van der Waals surface area contributed by atoms with Crippen LogP contribution in [0.2, 0.25) is 0 Å². The fourth-order valence-corrected chi connectivity index (χ4v) is 0.985. The number of hydrogen-bond donors (Lipinski definition) is 1. The molecule has 0 unspecified atom stereocenters. The monoisotopic (exact) mass is 203 g/mol. The first kappa shape index (κ1) is 13.9. The zero-order chi connectivity index (χ0) is 10.6. The van der Waals surface area contributed by atoms with Gasteiger partial charge in [-0.3, -0.25) is 0 Å². The predicted octanol–water partition coefficient (Wildman–Crippen LogP) is 1.68. The van der Waals surface area contributed by atoms with Crippen molar-refractivity contribution in [2.24, 2.45) is 5.92 Å². The average Bonchev–Trinajstić information content (AvgIpc) is 2.15. The van der Waals surface area contributed by atoms with Crippen molar-refractivity contribution in [3.63, 3.8) is 0 Å². The Balaban J connectivity index is 2.85. The van der Waals surface area contributed by atoms with Crippen molar-refractivity contribution in [3.8, 4) is 0 Å². The van der Waals surface area contributed by atoms with Gasteiger partial charge in [-0.2, -0.15) is 0 Å². The SMILES string of the molecule is CCCNCCOCCOCC(C)C. The second-order valence-corrected chi connectivity index (χ2v) is 3.83. The van der Waals surface area contributed by atoms with Crippen molar-refractivity contribution < 1.29 is 9.47 Å². The molecule has 0 aromatic rings. The van der Waals surface area contributed by atoms with Crippen molar-refractivity contribution in [1.82, 2.24) is 5.32 Å². The molecule has 0 fully saturated rings. The summed E-state index contributed by atoms with van der Waals surface area (Å²) in [5.41, 5.74) is 0. The molecule has 0 radical (unpaired) electrons. The fourth-order valence-electron chi connectivity index (χ4n) is 0.985. The number of nitrogens with one attached hydrogen (secondary N) is 1. The standard InChI is InChI=1S/C11H25NO2/c1-4-5-12-6-7-13-8-9-14-10-11(2)3/h11-12H,4-10H2,1-3H3. The second kappa shape index (κ2) is 11.0.